The van der Waals surface area contributed by atoms with Gasteiger partial charge in [0.15, 0.2) is 11.5 Å². The molecule has 12 nitrogen and oxygen atoms in total. The summed E-state index contributed by atoms with van der Waals surface area (Å²) in [6.45, 7) is 0.976. The van der Waals surface area contributed by atoms with Gasteiger partial charge in [0.2, 0.25) is 11.7 Å². The van der Waals surface area contributed by atoms with Crippen LogP contribution >= 0.6 is 11.6 Å². The van der Waals surface area contributed by atoms with E-state index in [9.17, 15) is 32.7 Å². The van der Waals surface area contributed by atoms with E-state index in [0.29, 0.717) is 62.5 Å². The summed E-state index contributed by atoms with van der Waals surface area (Å²) in [6, 6.07) is 5.54. The lowest BCUT2D eigenvalue weighted by molar-refractivity contribution is -0.137. The molecule has 2 N–H and O–H groups in total. The first-order chi connectivity index (χ1) is 22.4. The number of aromatic hydroxyl groups is 1. The fourth-order valence-corrected chi connectivity index (χ4v) is 6.93. The molecule has 0 saturated carbocycles. The first-order valence-electron chi connectivity index (χ1n) is 14.9. The van der Waals surface area contributed by atoms with Crippen molar-refractivity contribution in [2.75, 3.05) is 31.6 Å². The molecule has 1 saturated heterocycles. The summed E-state index contributed by atoms with van der Waals surface area (Å²) in [5.74, 6) is -0.865. The molecule has 1 spiro atoms. The Morgan fingerprint density at radius 1 is 1.17 bits per heavy atom. The molecule has 0 bridgehead atoms. The topological polar surface area (TPSA) is 144 Å². The van der Waals surface area contributed by atoms with Crippen molar-refractivity contribution in [1.29, 1.82) is 0 Å². The number of likely N-dealkylation sites (tertiary alicyclic amines) is 1. The molecule has 1 aromatic carbocycles. The molecule has 3 aliphatic rings. The lowest BCUT2D eigenvalue weighted by atomic mass is 9.82. The number of nitrogens with one attached hydrogen (secondary N) is 1. The van der Waals surface area contributed by atoms with Gasteiger partial charge in [0.1, 0.15) is 12.3 Å². The number of hydrogen-bond acceptors (Lipinski definition) is 8. The van der Waals surface area contributed by atoms with Gasteiger partial charge in [0.25, 0.3) is 11.5 Å². The van der Waals surface area contributed by atoms with Gasteiger partial charge >= 0.3 is 6.18 Å². The minimum absolute atomic E-state index is 0.00733. The number of fused-ring (bicyclic) bond motifs is 3. The second-order valence-electron chi connectivity index (χ2n) is 11.8. The van der Waals surface area contributed by atoms with Crippen LogP contribution in [0.15, 0.2) is 47.4 Å². The maximum atomic E-state index is 14.2. The Labute approximate surface area is 269 Å². The zero-order valence-corrected chi connectivity index (χ0v) is 25.4. The first-order valence-corrected chi connectivity index (χ1v) is 15.2. The Bertz CT molecular complexity index is 2040. The number of carbonyl (C=O) groups excluding carboxylic acids is 2. The Balaban J connectivity index is 1.27. The maximum absolute atomic E-state index is 14.2. The fourth-order valence-electron chi connectivity index (χ4n) is 6.70. The molecule has 5 heterocycles. The Morgan fingerprint density at radius 3 is 2.72 bits per heavy atom. The standard InChI is InChI=1S/C31H27ClF3N7O5/c32-19-14-18(31(33,34)35)3-4-20(19)37-23(44)15-41-21-5-8-30(9-11-40(16-30)28(46)25-22(43)2-1-10-36-25)24(21)27(45)42-29(41)38-26(39-42)17-6-12-47-13-7-17/h1-4,6,10,14,43H,5,7-9,11-13,15-16H2,(H,37,44). The van der Waals surface area contributed by atoms with Crippen molar-refractivity contribution in [2.45, 2.75) is 43.8 Å². The highest BCUT2D eigenvalue weighted by atomic mass is 35.5. The number of amides is 2. The summed E-state index contributed by atoms with van der Waals surface area (Å²) in [7, 11) is 0. The number of anilines is 1. The highest BCUT2D eigenvalue weighted by molar-refractivity contribution is 6.33. The van der Waals surface area contributed by atoms with Crippen LogP contribution in [0.5, 0.6) is 5.75 Å². The summed E-state index contributed by atoms with van der Waals surface area (Å²) >= 11 is 6.10. The second-order valence-corrected chi connectivity index (χ2v) is 12.2. The van der Waals surface area contributed by atoms with E-state index in [1.54, 1.807) is 9.47 Å². The third kappa shape index (κ3) is 5.42. The maximum Gasteiger partial charge on any atom is 0.416 e. The van der Waals surface area contributed by atoms with Crippen molar-refractivity contribution in [3.05, 3.63) is 86.3 Å². The average Bonchev–Trinajstić information content (AvgIpc) is 3.78. The van der Waals surface area contributed by atoms with Crippen LogP contribution in [0.3, 0.4) is 0 Å². The van der Waals surface area contributed by atoms with Crippen molar-refractivity contribution in [2.24, 2.45) is 0 Å². The number of nitrogens with zero attached hydrogens (tertiary/aromatic N) is 6. The van der Waals surface area contributed by atoms with Gasteiger partial charge in [-0.1, -0.05) is 17.7 Å². The van der Waals surface area contributed by atoms with Gasteiger partial charge in [-0.25, -0.2) is 4.98 Å². The number of rotatable bonds is 5. The number of aromatic nitrogens is 5. The number of benzene rings is 1. The molecule has 4 aromatic rings. The van der Waals surface area contributed by atoms with Crippen molar-refractivity contribution in [3.63, 3.8) is 0 Å². The quantitative estimate of drug-likeness (QED) is 0.326. The molecule has 1 aliphatic carbocycles. The van der Waals surface area contributed by atoms with Gasteiger partial charge in [-0.05, 0) is 61.6 Å². The van der Waals surface area contributed by atoms with Crippen LogP contribution < -0.4 is 10.9 Å². The Morgan fingerprint density at radius 2 is 2.00 bits per heavy atom. The van der Waals surface area contributed by atoms with Gasteiger partial charge in [-0.3, -0.25) is 14.4 Å². The van der Waals surface area contributed by atoms with E-state index in [4.69, 9.17) is 16.3 Å². The predicted molar refractivity (Wildman–Crippen MR) is 162 cm³/mol. The molecule has 244 valence electrons. The SMILES string of the molecule is O=C(Cn1c2c(c(=O)n3nc(C4=CCOCC4)nc13)C1(CC2)CCN(C(=O)c2ncccc2O)C1)Nc1ccc(C(F)(F)F)cc1Cl. The van der Waals surface area contributed by atoms with Gasteiger partial charge in [0.05, 0.1) is 29.5 Å². The van der Waals surface area contributed by atoms with Crippen molar-refractivity contribution in [3.8, 4) is 5.75 Å². The molecular weight excluding hydrogens is 643 g/mol. The molecule has 1 unspecified atom stereocenters. The van der Waals surface area contributed by atoms with Crippen LogP contribution in [0.2, 0.25) is 5.02 Å². The van der Waals surface area contributed by atoms with E-state index >= 15 is 0 Å². The molecule has 2 aliphatic heterocycles. The Hall–Kier alpha value is -4.76. The van der Waals surface area contributed by atoms with E-state index in [1.165, 1.54) is 22.8 Å². The molecule has 1 fully saturated rings. The van der Waals surface area contributed by atoms with Gasteiger partial charge in [-0.2, -0.15) is 22.7 Å². The van der Waals surface area contributed by atoms with Crippen molar-refractivity contribution < 1.29 is 32.6 Å². The highest BCUT2D eigenvalue weighted by Crippen LogP contribution is 2.45. The van der Waals surface area contributed by atoms with Crippen LogP contribution in [0.25, 0.3) is 11.4 Å². The van der Waals surface area contributed by atoms with E-state index in [2.05, 4.69) is 20.4 Å². The number of ether oxygens (including phenoxy) is 1. The van der Waals surface area contributed by atoms with E-state index in [0.717, 1.165) is 23.8 Å². The number of carbonyl (C=O) groups is 2. The minimum Gasteiger partial charge on any atom is -0.505 e. The summed E-state index contributed by atoms with van der Waals surface area (Å²) in [5.41, 5.74) is -0.432. The smallest absolute Gasteiger partial charge is 0.416 e. The van der Waals surface area contributed by atoms with Crippen LogP contribution in [-0.2, 0) is 34.1 Å². The molecule has 2 amide bonds. The number of hydrogen-bond donors (Lipinski definition) is 2. The molecule has 47 heavy (non-hydrogen) atoms. The van der Waals surface area contributed by atoms with Gasteiger partial charge in [-0.15, -0.1) is 5.10 Å². The summed E-state index contributed by atoms with van der Waals surface area (Å²) in [5, 5.41) is 17.1. The van der Waals surface area contributed by atoms with Crippen LogP contribution in [0, 0.1) is 0 Å². The molecule has 16 heteroatoms. The van der Waals surface area contributed by atoms with Crippen LogP contribution in [-0.4, -0.2) is 72.3 Å². The number of alkyl halides is 3. The third-order valence-electron chi connectivity index (χ3n) is 8.98. The lowest BCUT2D eigenvalue weighted by Gasteiger charge is -2.25. The monoisotopic (exact) mass is 669 g/mol. The average molecular weight is 670 g/mol. The lowest BCUT2D eigenvalue weighted by Crippen LogP contribution is -2.38. The largest absolute Gasteiger partial charge is 0.505 e. The number of halogens is 4. The second kappa shape index (κ2) is 11.5. The van der Waals surface area contributed by atoms with Gasteiger partial charge < -0.3 is 24.6 Å². The molecule has 0 radical (unpaired) electrons. The summed E-state index contributed by atoms with van der Waals surface area (Å²) in [6.07, 6.45) is 0.521. The van der Waals surface area contributed by atoms with E-state index in [1.807, 2.05) is 6.08 Å². The molecule has 7 rings (SSSR count). The molecular formula is C31H27ClF3N7O5. The minimum atomic E-state index is -4.60. The van der Waals surface area contributed by atoms with Crippen LogP contribution in [0.1, 0.15) is 52.4 Å². The van der Waals surface area contributed by atoms with Gasteiger partial charge in [0, 0.05) is 36.0 Å². The normalized spacial score (nSPS) is 19.3. The van der Waals surface area contributed by atoms with E-state index in [-0.39, 0.29) is 41.0 Å². The predicted octanol–water partition coefficient (Wildman–Crippen LogP) is 3.84. The van der Waals surface area contributed by atoms with E-state index < -0.39 is 34.5 Å². The fraction of sp³-hybridized carbons (Fsp3) is 0.355. The van der Waals surface area contributed by atoms with Crippen molar-refractivity contribution >= 4 is 40.5 Å². The zero-order valence-electron chi connectivity index (χ0n) is 24.7. The zero-order chi connectivity index (χ0) is 33.1. The molecule has 3 aromatic heterocycles. The number of pyridine rings is 1. The first kappa shape index (κ1) is 30.9. The Kier molecular flexibility index (Phi) is 7.55. The third-order valence-corrected chi connectivity index (χ3v) is 9.29. The van der Waals surface area contributed by atoms with Crippen LogP contribution in [0.4, 0.5) is 18.9 Å². The highest BCUT2D eigenvalue weighted by Gasteiger charge is 2.49. The van der Waals surface area contributed by atoms with Crippen molar-refractivity contribution in [1.82, 2.24) is 29.0 Å². The summed E-state index contributed by atoms with van der Waals surface area (Å²) in [4.78, 5) is 51.2. The summed E-state index contributed by atoms with van der Waals surface area (Å²) < 4.78 is 47.6. The molecule has 1 atom stereocenters.